The van der Waals surface area contributed by atoms with Gasteiger partial charge in [-0.1, -0.05) is 60.3 Å². The van der Waals surface area contributed by atoms with Crippen LogP contribution in [0.2, 0.25) is 0 Å². The number of hydrogen-bond acceptors (Lipinski definition) is 3. The Balaban J connectivity index is 0.00000338. The Hall–Kier alpha value is -0.820. The van der Waals surface area contributed by atoms with Crippen LogP contribution >= 0.6 is 0 Å². The number of rotatable bonds is 7. The zero-order chi connectivity index (χ0) is 18.1. The fourth-order valence-electron chi connectivity index (χ4n) is 3.57. The molecular formula is C20H38N3O3S. The fraction of sp³-hybridized carbons (Fsp3) is 0.800. The van der Waals surface area contributed by atoms with E-state index in [1.165, 1.54) is 19.3 Å². The van der Waals surface area contributed by atoms with Crippen molar-refractivity contribution in [3.63, 3.8) is 0 Å². The lowest BCUT2D eigenvalue weighted by molar-refractivity contribution is 0.238. The zero-order valence-corrected chi connectivity index (χ0v) is 17.8. The first-order valence-electron chi connectivity index (χ1n) is 9.88. The second kappa shape index (κ2) is 13.4. The van der Waals surface area contributed by atoms with Gasteiger partial charge in [0, 0.05) is 19.6 Å². The van der Waals surface area contributed by atoms with Crippen LogP contribution in [0.1, 0.15) is 71.1 Å². The van der Waals surface area contributed by atoms with E-state index in [1.54, 1.807) is 4.31 Å². The first kappa shape index (κ1) is 26.2. The second-order valence-electron chi connectivity index (χ2n) is 7.39. The predicted molar refractivity (Wildman–Crippen MR) is 111 cm³/mol. The average Bonchev–Trinajstić information content (AvgIpc) is 3.03. The van der Waals surface area contributed by atoms with E-state index < -0.39 is 10.0 Å². The van der Waals surface area contributed by atoms with E-state index in [0.717, 1.165) is 44.6 Å². The Bertz CT molecular complexity index is 503. The molecule has 1 saturated heterocycles. The molecule has 0 aromatic rings. The highest BCUT2D eigenvalue weighted by atomic mass is 32.2. The number of urea groups is 1. The summed E-state index contributed by atoms with van der Waals surface area (Å²) in [5, 5.41) is 5.95. The van der Waals surface area contributed by atoms with Gasteiger partial charge in [-0.2, -0.15) is 0 Å². The standard InChI is InChI=1S/C18H34N3O3S.2CH2/c1-2-3-13-25(23,24)21-12-11-16(15-21)14-19-18(22)20-17-9-7-5-4-6-8-10-17;;/h16H,2-15H2,1H3,(H2,19,20,22);2*1H2. The molecule has 1 aliphatic heterocycles. The van der Waals surface area contributed by atoms with Crippen LogP contribution in [0, 0.1) is 26.8 Å². The third-order valence-corrected chi connectivity index (χ3v) is 7.12. The molecule has 0 spiro atoms. The van der Waals surface area contributed by atoms with Crippen molar-refractivity contribution in [2.24, 2.45) is 5.92 Å². The fourth-order valence-corrected chi connectivity index (χ4v) is 5.30. The molecule has 1 heterocycles. The van der Waals surface area contributed by atoms with Gasteiger partial charge in [-0.3, -0.25) is 0 Å². The molecule has 2 rings (SSSR count). The third-order valence-electron chi connectivity index (χ3n) is 5.20. The Labute approximate surface area is 167 Å². The highest BCUT2D eigenvalue weighted by molar-refractivity contribution is 7.89. The molecule has 0 aromatic carbocycles. The van der Waals surface area contributed by atoms with E-state index in [0.29, 0.717) is 26.1 Å². The van der Waals surface area contributed by atoms with Gasteiger partial charge in [-0.25, -0.2) is 17.5 Å². The summed E-state index contributed by atoms with van der Waals surface area (Å²) in [4.78, 5) is 12.1. The summed E-state index contributed by atoms with van der Waals surface area (Å²) in [6, 6.07) is 1.01. The molecule has 5 radical (unpaired) electrons. The second-order valence-corrected chi connectivity index (χ2v) is 9.48. The number of amides is 2. The summed E-state index contributed by atoms with van der Waals surface area (Å²) in [6.07, 6.45) is 10.5. The first-order valence-corrected chi connectivity index (χ1v) is 11.5. The number of sulfonamides is 1. The Morgan fingerprint density at radius 1 is 1.11 bits per heavy atom. The van der Waals surface area contributed by atoms with Gasteiger partial charge < -0.3 is 10.6 Å². The van der Waals surface area contributed by atoms with E-state index in [2.05, 4.69) is 10.6 Å². The maximum Gasteiger partial charge on any atom is 0.315 e. The van der Waals surface area contributed by atoms with Gasteiger partial charge in [0.05, 0.1) is 11.8 Å². The monoisotopic (exact) mass is 400 g/mol. The van der Waals surface area contributed by atoms with Crippen LogP contribution in [0.3, 0.4) is 0 Å². The van der Waals surface area contributed by atoms with E-state index in [1.807, 2.05) is 6.92 Å². The molecule has 0 aromatic heterocycles. The highest BCUT2D eigenvalue weighted by Crippen LogP contribution is 2.22. The molecule has 1 saturated carbocycles. The van der Waals surface area contributed by atoms with Gasteiger partial charge in [0.1, 0.15) is 0 Å². The Morgan fingerprint density at radius 2 is 1.74 bits per heavy atom. The minimum Gasteiger partial charge on any atom is -0.338 e. The van der Waals surface area contributed by atoms with Gasteiger partial charge in [-0.05, 0) is 31.6 Å². The highest BCUT2D eigenvalue weighted by Gasteiger charge is 2.31. The lowest BCUT2D eigenvalue weighted by Crippen LogP contribution is -2.41. The van der Waals surface area contributed by atoms with E-state index in [9.17, 15) is 13.2 Å². The van der Waals surface area contributed by atoms with Crippen molar-refractivity contribution in [3.8, 4) is 0 Å². The lowest BCUT2D eigenvalue weighted by atomic mass is 9.97. The molecule has 6 nitrogen and oxygen atoms in total. The maximum absolute atomic E-state index is 12.2. The normalized spacial score (nSPS) is 22.0. The number of nitrogens with one attached hydrogen (secondary N) is 2. The Morgan fingerprint density at radius 3 is 2.37 bits per heavy atom. The molecule has 1 unspecified atom stereocenters. The van der Waals surface area contributed by atoms with Gasteiger partial charge in [0.2, 0.25) is 10.0 Å². The molecule has 2 aliphatic rings. The summed E-state index contributed by atoms with van der Waals surface area (Å²) in [5.74, 6) is 0.451. The molecule has 2 fully saturated rings. The van der Waals surface area contributed by atoms with Crippen molar-refractivity contribution in [2.75, 3.05) is 25.4 Å². The van der Waals surface area contributed by atoms with Crippen LogP contribution in [0.15, 0.2) is 0 Å². The number of nitrogens with zero attached hydrogens (tertiary/aromatic N) is 1. The number of carbonyl (C=O) groups is 1. The molecule has 2 amide bonds. The molecule has 1 aliphatic carbocycles. The van der Waals surface area contributed by atoms with Crippen molar-refractivity contribution < 1.29 is 13.2 Å². The lowest BCUT2D eigenvalue weighted by Gasteiger charge is -2.21. The molecule has 1 atom stereocenters. The third kappa shape index (κ3) is 9.28. The van der Waals surface area contributed by atoms with Gasteiger partial charge >= 0.3 is 6.03 Å². The quantitative estimate of drug-likeness (QED) is 0.684. The summed E-state index contributed by atoms with van der Waals surface area (Å²) in [6.45, 7) is 3.65. The van der Waals surface area contributed by atoms with Gasteiger partial charge in [-0.15, -0.1) is 0 Å². The maximum atomic E-state index is 12.2. The number of unbranched alkanes of at least 4 members (excludes halogenated alkanes) is 1. The van der Waals surface area contributed by atoms with Crippen LogP contribution in [-0.4, -0.2) is 44.1 Å². The van der Waals surface area contributed by atoms with Crippen LogP contribution in [0.4, 0.5) is 4.79 Å². The number of hydrogen-bond donors (Lipinski definition) is 2. The molecule has 157 valence electrons. The van der Waals surface area contributed by atoms with Crippen molar-refractivity contribution in [1.29, 1.82) is 0 Å². The van der Waals surface area contributed by atoms with Crippen LogP contribution in [0.25, 0.3) is 0 Å². The number of carbonyl (C=O) groups excluding carboxylic acids is 1. The van der Waals surface area contributed by atoms with Crippen LogP contribution in [-0.2, 0) is 10.0 Å². The summed E-state index contributed by atoms with van der Waals surface area (Å²) in [5.41, 5.74) is 0. The summed E-state index contributed by atoms with van der Waals surface area (Å²) >= 11 is 0. The molecule has 2 N–H and O–H groups in total. The van der Waals surface area contributed by atoms with Crippen molar-refractivity contribution >= 4 is 16.1 Å². The van der Waals surface area contributed by atoms with E-state index in [4.69, 9.17) is 0 Å². The SMILES string of the molecule is CCCCS(=O)(=O)N1CCC(CNC(=O)N[C]2CCCCCCC2)C1.[CH2].[CH2]. The smallest absolute Gasteiger partial charge is 0.315 e. The molecule has 27 heavy (non-hydrogen) atoms. The minimum absolute atomic E-state index is 0. The van der Waals surface area contributed by atoms with E-state index in [-0.39, 0.29) is 32.6 Å². The molecule has 0 bridgehead atoms. The zero-order valence-electron chi connectivity index (χ0n) is 17.0. The average molecular weight is 401 g/mol. The van der Waals surface area contributed by atoms with Crippen molar-refractivity contribution in [1.82, 2.24) is 14.9 Å². The van der Waals surface area contributed by atoms with Crippen molar-refractivity contribution in [3.05, 3.63) is 20.9 Å². The van der Waals surface area contributed by atoms with Crippen LogP contribution < -0.4 is 10.6 Å². The van der Waals surface area contributed by atoms with Crippen molar-refractivity contribution in [2.45, 2.75) is 71.1 Å². The minimum atomic E-state index is -3.12. The molecular weight excluding hydrogens is 362 g/mol. The summed E-state index contributed by atoms with van der Waals surface area (Å²) in [7, 11) is -3.12. The van der Waals surface area contributed by atoms with Gasteiger partial charge in [0.25, 0.3) is 0 Å². The first-order chi connectivity index (χ1) is 12.0. The largest absolute Gasteiger partial charge is 0.338 e. The summed E-state index contributed by atoms with van der Waals surface area (Å²) < 4.78 is 26.0. The van der Waals surface area contributed by atoms with E-state index >= 15 is 0 Å². The van der Waals surface area contributed by atoms with Crippen LogP contribution in [0.5, 0.6) is 0 Å². The van der Waals surface area contributed by atoms with Gasteiger partial charge in [0.15, 0.2) is 0 Å². The topological polar surface area (TPSA) is 78.5 Å². The predicted octanol–water partition coefficient (Wildman–Crippen LogP) is 3.67. The molecule has 7 heteroatoms. The Kier molecular flexibility index (Phi) is 13.0.